The van der Waals surface area contributed by atoms with E-state index in [1.165, 1.54) is 0 Å². The van der Waals surface area contributed by atoms with Crippen LogP contribution in [-0.4, -0.2) is 23.1 Å². The number of nitrogens with one attached hydrogen (secondary N) is 1. The Bertz CT molecular complexity index is 839. The minimum atomic E-state index is 0.223. The van der Waals surface area contributed by atoms with E-state index in [4.69, 9.17) is 27.9 Å². The van der Waals surface area contributed by atoms with E-state index in [0.717, 1.165) is 22.2 Å². The van der Waals surface area contributed by atoms with Crippen LogP contribution in [0, 0.1) is 6.92 Å². The van der Waals surface area contributed by atoms with E-state index >= 15 is 0 Å². The average molecular weight is 348 g/mol. The fraction of sp³-hybridized carbons (Fsp3) is 0.176. The second-order valence-electron chi connectivity index (χ2n) is 5.04. The molecule has 0 amide bonds. The molecule has 0 aliphatic carbocycles. The quantitative estimate of drug-likeness (QED) is 0.535. The van der Waals surface area contributed by atoms with E-state index in [1.54, 1.807) is 0 Å². The lowest BCUT2D eigenvalue weighted by atomic mass is 10.2. The van der Waals surface area contributed by atoms with E-state index in [0.29, 0.717) is 24.0 Å². The zero-order valence-corrected chi connectivity index (χ0v) is 14.0. The first-order valence-corrected chi connectivity index (χ1v) is 7.94. The van der Waals surface area contributed by atoms with Crippen molar-refractivity contribution in [2.75, 3.05) is 18.5 Å². The highest BCUT2D eigenvalue weighted by Crippen LogP contribution is 2.23. The van der Waals surface area contributed by atoms with Crippen molar-refractivity contribution in [2.24, 2.45) is 0 Å². The minimum Gasteiger partial charge on any atom is -0.491 e. The van der Waals surface area contributed by atoms with E-state index in [9.17, 15) is 0 Å². The molecule has 2 aromatic carbocycles. The topological polar surface area (TPSA) is 47.0 Å². The zero-order chi connectivity index (χ0) is 16.2. The number of benzene rings is 2. The van der Waals surface area contributed by atoms with Crippen molar-refractivity contribution in [3.05, 3.63) is 58.3 Å². The summed E-state index contributed by atoms with van der Waals surface area (Å²) in [6.07, 6.45) is 0. The van der Waals surface area contributed by atoms with Gasteiger partial charge in [-0.1, -0.05) is 23.7 Å². The highest BCUT2D eigenvalue weighted by molar-refractivity contribution is 6.30. The summed E-state index contributed by atoms with van der Waals surface area (Å²) in [5.41, 5.74) is 1.82. The van der Waals surface area contributed by atoms with Gasteiger partial charge in [-0.05, 0) is 54.4 Å². The molecular formula is C17H15Cl2N3O. The summed E-state index contributed by atoms with van der Waals surface area (Å²) in [6.45, 7) is 3.06. The summed E-state index contributed by atoms with van der Waals surface area (Å²) in [7, 11) is 0. The van der Waals surface area contributed by atoms with Gasteiger partial charge in [0.2, 0.25) is 5.28 Å². The Kier molecular flexibility index (Phi) is 4.84. The maximum Gasteiger partial charge on any atom is 0.224 e. The summed E-state index contributed by atoms with van der Waals surface area (Å²) in [5, 5.41) is 5.10. The monoisotopic (exact) mass is 347 g/mol. The van der Waals surface area contributed by atoms with Gasteiger partial charge < -0.3 is 10.1 Å². The van der Waals surface area contributed by atoms with Gasteiger partial charge in [0.25, 0.3) is 0 Å². The fourth-order valence-electron chi connectivity index (χ4n) is 2.29. The molecule has 0 bridgehead atoms. The molecule has 1 heterocycles. The van der Waals surface area contributed by atoms with Gasteiger partial charge in [-0.2, -0.15) is 0 Å². The molecule has 1 N–H and O–H groups in total. The van der Waals surface area contributed by atoms with Crippen molar-refractivity contribution < 1.29 is 4.74 Å². The highest BCUT2D eigenvalue weighted by Gasteiger charge is 2.06. The molecule has 0 unspecified atom stereocenters. The average Bonchev–Trinajstić information content (AvgIpc) is 2.53. The molecule has 6 heteroatoms. The Morgan fingerprint density at radius 3 is 2.74 bits per heavy atom. The van der Waals surface area contributed by atoms with Crippen LogP contribution in [0.25, 0.3) is 10.9 Å². The number of nitrogens with zero attached hydrogens (tertiary/aromatic N) is 2. The smallest absolute Gasteiger partial charge is 0.224 e. The maximum atomic E-state index is 5.96. The molecule has 118 valence electrons. The van der Waals surface area contributed by atoms with Crippen molar-refractivity contribution in [2.45, 2.75) is 6.92 Å². The Morgan fingerprint density at radius 1 is 1.09 bits per heavy atom. The molecule has 0 spiro atoms. The lowest BCUT2D eigenvalue weighted by molar-refractivity contribution is 0.330. The molecule has 4 nitrogen and oxygen atoms in total. The van der Waals surface area contributed by atoms with Crippen molar-refractivity contribution in [1.82, 2.24) is 9.97 Å². The molecule has 3 rings (SSSR count). The van der Waals surface area contributed by atoms with Crippen molar-refractivity contribution in [3.63, 3.8) is 0 Å². The standard InChI is InChI=1S/C17H15Cl2N3O/c1-11-10-12(18)6-7-15(11)23-9-8-20-16-13-4-2-3-5-14(13)21-17(19)22-16/h2-7,10H,8-9H2,1H3,(H,20,21,22). The molecule has 0 aliphatic heterocycles. The number of halogens is 2. The van der Waals surface area contributed by atoms with Crippen LogP contribution in [0.3, 0.4) is 0 Å². The van der Waals surface area contributed by atoms with Crippen LogP contribution in [0.15, 0.2) is 42.5 Å². The van der Waals surface area contributed by atoms with Crippen LogP contribution in [0.2, 0.25) is 10.3 Å². The number of fused-ring (bicyclic) bond motifs is 1. The summed E-state index contributed by atoms with van der Waals surface area (Å²) in [4.78, 5) is 8.45. The molecule has 0 fully saturated rings. The summed E-state index contributed by atoms with van der Waals surface area (Å²) in [6, 6.07) is 13.3. The molecule has 0 aliphatic rings. The number of ether oxygens (including phenoxy) is 1. The number of hydrogen-bond acceptors (Lipinski definition) is 4. The van der Waals surface area contributed by atoms with E-state index in [2.05, 4.69) is 15.3 Å². The first-order chi connectivity index (χ1) is 11.1. The van der Waals surface area contributed by atoms with Crippen LogP contribution < -0.4 is 10.1 Å². The number of hydrogen-bond donors (Lipinski definition) is 1. The van der Waals surface area contributed by atoms with Crippen LogP contribution in [0.5, 0.6) is 5.75 Å². The second-order valence-corrected chi connectivity index (χ2v) is 5.82. The third-order valence-corrected chi connectivity index (χ3v) is 3.77. The van der Waals surface area contributed by atoms with Crippen LogP contribution in [0.1, 0.15) is 5.56 Å². The van der Waals surface area contributed by atoms with Crippen LogP contribution in [0.4, 0.5) is 5.82 Å². The summed E-state index contributed by atoms with van der Waals surface area (Å²) >= 11 is 11.9. The molecule has 0 saturated heterocycles. The lowest BCUT2D eigenvalue weighted by Gasteiger charge is -2.11. The number of aryl methyl sites for hydroxylation is 1. The van der Waals surface area contributed by atoms with Gasteiger partial charge in [-0.3, -0.25) is 0 Å². The number of anilines is 1. The van der Waals surface area contributed by atoms with Gasteiger partial charge in [-0.25, -0.2) is 9.97 Å². The second kappa shape index (κ2) is 7.02. The van der Waals surface area contributed by atoms with Crippen LogP contribution in [-0.2, 0) is 0 Å². The lowest BCUT2D eigenvalue weighted by Crippen LogP contribution is -2.13. The van der Waals surface area contributed by atoms with Crippen molar-refractivity contribution in [3.8, 4) is 5.75 Å². The van der Waals surface area contributed by atoms with Gasteiger partial charge in [0.05, 0.1) is 12.1 Å². The van der Waals surface area contributed by atoms with Gasteiger partial charge in [0.15, 0.2) is 0 Å². The normalized spacial score (nSPS) is 10.7. The SMILES string of the molecule is Cc1cc(Cl)ccc1OCCNc1nc(Cl)nc2ccccc12. The summed E-state index contributed by atoms with van der Waals surface area (Å²) < 4.78 is 5.76. The Labute approximate surface area is 144 Å². The number of aromatic nitrogens is 2. The zero-order valence-electron chi connectivity index (χ0n) is 12.5. The van der Waals surface area contributed by atoms with Crippen molar-refractivity contribution in [1.29, 1.82) is 0 Å². The predicted octanol–water partition coefficient (Wildman–Crippen LogP) is 4.74. The number of para-hydroxylation sites is 1. The van der Waals surface area contributed by atoms with Gasteiger partial charge in [0, 0.05) is 10.4 Å². The fourth-order valence-corrected chi connectivity index (χ4v) is 2.69. The number of rotatable bonds is 5. The third kappa shape index (κ3) is 3.84. The molecule has 0 atom stereocenters. The van der Waals surface area contributed by atoms with E-state index in [1.807, 2.05) is 49.4 Å². The molecule has 23 heavy (non-hydrogen) atoms. The Hall–Kier alpha value is -2.04. The first-order valence-electron chi connectivity index (χ1n) is 7.18. The molecule has 0 saturated carbocycles. The Balaban J connectivity index is 1.65. The third-order valence-electron chi connectivity index (χ3n) is 3.36. The van der Waals surface area contributed by atoms with Gasteiger partial charge in [0.1, 0.15) is 18.2 Å². The van der Waals surface area contributed by atoms with Crippen LogP contribution >= 0.6 is 23.2 Å². The highest BCUT2D eigenvalue weighted by atomic mass is 35.5. The predicted molar refractivity (Wildman–Crippen MR) is 94.7 cm³/mol. The molecule has 0 radical (unpaired) electrons. The van der Waals surface area contributed by atoms with E-state index in [-0.39, 0.29) is 5.28 Å². The largest absolute Gasteiger partial charge is 0.491 e. The Morgan fingerprint density at radius 2 is 1.91 bits per heavy atom. The van der Waals surface area contributed by atoms with Gasteiger partial charge >= 0.3 is 0 Å². The minimum absolute atomic E-state index is 0.223. The first kappa shape index (κ1) is 15.8. The van der Waals surface area contributed by atoms with E-state index < -0.39 is 0 Å². The van der Waals surface area contributed by atoms with Gasteiger partial charge in [-0.15, -0.1) is 0 Å². The summed E-state index contributed by atoms with van der Waals surface area (Å²) in [5.74, 6) is 1.53. The molecular weight excluding hydrogens is 333 g/mol. The van der Waals surface area contributed by atoms with Crippen molar-refractivity contribution >= 4 is 39.9 Å². The molecule has 3 aromatic rings. The molecule has 1 aromatic heterocycles. The maximum absolute atomic E-state index is 5.96.